The van der Waals surface area contributed by atoms with Gasteiger partial charge in [0.25, 0.3) is 0 Å². The fourth-order valence-electron chi connectivity index (χ4n) is 1.86. The third kappa shape index (κ3) is 6.43. The Morgan fingerprint density at radius 2 is 2.05 bits per heavy atom. The smallest absolute Gasteiger partial charge is 0.191 e. The van der Waals surface area contributed by atoms with Crippen molar-refractivity contribution in [1.29, 1.82) is 0 Å². The first-order chi connectivity index (χ1) is 10.4. The van der Waals surface area contributed by atoms with Gasteiger partial charge in [-0.15, -0.1) is 0 Å². The van der Waals surface area contributed by atoms with E-state index in [1.54, 1.807) is 19.1 Å². The zero-order valence-electron chi connectivity index (χ0n) is 14.4. The average molecular weight is 308 g/mol. The summed E-state index contributed by atoms with van der Waals surface area (Å²) in [6.45, 7) is 11.2. The van der Waals surface area contributed by atoms with E-state index in [2.05, 4.69) is 41.4 Å². The molecule has 0 aliphatic heterocycles. The predicted octanol–water partition coefficient (Wildman–Crippen LogP) is 2.53. The van der Waals surface area contributed by atoms with Crippen LogP contribution in [0.5, 0.6) is 0 Å². The van der Waals surface area contributed by atoms with Gasteiger partial charge in [0.2, 0.25) is 0 Å². The Balaban J connectivity index is 2.55. The van der Waals surface area contributed by atoms with Crippen molar-refractivity contribution in [2.24, 2.45) is 4.99 Å². The summed E-state index contributed by atoms with van der Waals surface area (Å²) in [6.07, 6.45) is 0. The Kier molecular flexibility index (Phi) is 7.88. The van der Waals surface area contributed by atoms with Gasteiger partial charge in [-0.3, -0.25) is 0 Å². The molecule has 22 heavy (non-hydrogen) atoms. The van der Waals surface area contributed by atoms with Crippen molar-refractivity contribution in [3.63, 3.8) is 0 Å². The minimum Gasteiger partial charge on any atom is -0.357 e. The first-order valence-corrected chi connectivity index (χ1v) is 7.91. The zero-order chi connectivity index (χ0) is 16.5. The minimum absolute atomic E-state index is 0.177. The molecule has 5 heteroatoms. The molecule has 0 aliphatic rings. The van der Waals surface area contributed by atoms with Crippen LogP contribution in [0.1, 0.15) is 31.9 Å². The predicted molar refractivity (Wildman–Crippen MR) is 91.7 cm³/mol. The maximum absolute atomic E-state index is 13.5. The Morgan fingerprint density at radius 1 is 1.32 bits per heavy atom. The molecular formula is C17H29FN4. The molecule has 0 atom stereocenters. The van der Waals surface area contributed by atoms with Crippen molar-refractivity contribution < 1.29 is 4.39 Å². The Labute approximate surface area is 133 Å². The summed E-state index contributed by atoms with van der Waals surface area (Å²) in [5, 5.41) is 6.51. The van der Waals surface area contributed by atoms with Gasteiger partial charge < -0.3 is 15.5 Å². The fraction of sp³-hybridized carbons (Fsp3) is 0.588. The lowest BCUT2D eigenvalue weighted by atomic mass is 10.1. The monoisotopic (exact) mass is 308 g/mol. The van der Waals surface area contributed by atoms with Gasteiger partial charge in [0.05, 0.1) is 6.54 Å². The van der Waals surface area contributed by atoms with Crippen LogP contribution in [-0.4, -0.2) is 43.6 Å². The van der Waals surface area contributed by atoms with Crippen molar-refractivity contribution >= 4 is 5.96 Å². The normalized spacial score (nSPS) is 12.1. The lowest BCUT2D eigenvalue weighted by molar-refractivity contribution is 0.278. The standard InChI is InChI=1S/C17H29FN4/c1-6-19-17(20-9-10-22(5)13(2)3)21-12-15-8-7-14(4)16(18)11-15/h7-8,11,13H,6,9-10,12H2,1-5H3,(H2,19,20,21). The first-order valence-electron chi connectivity index (χ1n) is 7.91. The van der Waals surface area contributed by atoms with Gasteiger partial charge in [-0.2, -0.15) is 0 Å². The summed E-state index contributed by atoms with van der Waals surface area (Å²) in [5.41, 5.74) is 1.54. The number of likely N-dealkylation sites (N-methyl/N-ethyl adjacent to an activating group) is 1. The van der Waals surface area contributed by atoms with Crippen molar-refractivity contribution in [1.82, 2.24) is 15.5 Å². The number of aliphatic imine (C=N–C) groups is 1. The molecule has 2 N–H and O–H groups in total. The molecular weight excluding hydrogens is 279 g/mol. The van der Waals surface area contributed by atoms with Gasteiger partial charge in [0.1, 0.15) is 5.82 Å². The highest BCUT2D eigenvalue weighted by atomic mass is 19.1. The summed E-state index contributed by atoms with van der Waals surface area (Å²) in [4.78, 5) is 6.78. The highest BCUT2D eigenvalue weighted by molar-refractivity contribution is 5.79. The third-order valence-electron chi connectivity index (χ3n) is 3.64. The van der Waals surface area contributed by atoms with E-state index in [0.29, 0.717) is 18.2 Å². The Hall–Kier alpha value is -1.62. The number of aryl methyl sites for hydroxylation is 1. The molecule has 0 spiro atoms. The number of halogens is 1. The molecule has 0 radical (unpaired) electrons. The van der Waals surface area contributed by atoms with Gasteiger partial charge in [0.15, 0.2) is 5.96 Å². The summed E-state index contributed by atoms with van der Waals surface area (Å²) in [5.74, 6) is 0.588. The van der Waals surface area contributed by atoms with Gasteiger partial charge in [-0.1, -0.05) is 12.1 Å². The van der Waals surface area contributed by atoms with Crippen LogP contribution in [-0.2, 0) is 6.54 Å². The fourth-order valence-corrected chi connectivity index (χ4v) is 1.86. The number of benzene rings is 1. The van der Waals surface area contributed by atoms with Crippen molar-refractivity contribution in [2.45, 2.75) is 40.3 Å². The molecule has 1 aromatic carbocycles. The highest BCUT2D eigenvalue weighted by Gasteiger charge is 2.04. The Bertz CT molecular complexity index is 486. The van der Waals surface area contributed by atoms with Crippen LogP contribution in [0.25, 0.3) is 0 Å². The summed E-state index contributed by atoms with van der Waals surface area (Å²) in [7, 11) is 2.10. The van der Waals surface area contributed by atoms with Crippen LogP contribution in [0.3, 0.4) is 0 Å². The van der Waals surface area contributed by atoms with Crippen molar-refractivity contribution in [3.05, 3.63) is 35.1 Å². The molecule has 124 valence electrons. The second-order valence-electron chi connectivity index (χ2n) is 5.78. The average Bonchev–Trinajstić information content (AvgIpc) is 2.47. The van der Waals surface area contributed by atoms with Crippen LogP contribution in [0.4, 0.5) is 4.39 Å². The van der Waals surface area contributed by atoms with E-state index in [1.165, 1.54) is 0 Å². The molecule has 0 heterocycles. The second-order valence-corrected chi connectivity index (χ2v) is 5.78. The van der Waals surface area contributed by atoms with Crippen LogP contribution in [0, 0.1) is 12.7 Å². The quantitative estimate of drug-likeness (QED) is 0.601. The first kappa shape index (κ1) is 18.4. The SMILES string of the molecule is CCNC(=NCc1ccc(C)c(F)c1)NCCN(C)C(C)C. The summed E-state index contributed by atoms with van der Waals surface area (Å²) >= 11 is 0. The van der Waals surface area contributed by atoms with Gasteiger partial charge in [0, 0.05) is 25.7 Å². The van der Waals surface area contributed by atoms with Crippen LogP contribution in [0.15, 0.2) is 23.2 Å². The number of nitrogens with zero attached hydrogens (tertiary/aromatic N) is 2. The molecule has 0 aliphatic carbocycles. The van der Waals surface area contributed by atoms with Crippen molar-refractivity contribution in [3.8, 4) is 0 Å². The van der Waals surface area contributed by atoms with E-state index in [0.717, 1.165) is 31.2 Å². The molecule has 0 bridgehead atoms. The second kappa shape index (κ2) is 9.41. The lowest BCUT2D eigenvalue weighted by Crippen LogP contribution is -2.42. The molecule has 1 rings (SSSR count). The van der Waals surface area contributed by atoms with E-state index in [1.807, 2.05) is 13.0 Å². The van der Waals surface area contributed by atoms with E-state index in [9.17, 15) is 4.39 Å². The number of nitrogens with one attached hydrogen (secondary N) is 2. The lowest BCUT2D eigenvalue weighted by Gasteiger charge is -2.21. The van der Waals surface area contributed by atoms with Crippen LogP contribution < -0.4 is 10.6 Å². The number of hydrogen-bond acceptors (Lipinski definition) is 2. The third-order valence-corrected chi connectivity index (χ3v) is 3.64. The summed E-state index contributed by atoms with van der Waals surface area (Å²) < 4.78 is 13.5. The molecule has 0 saturated heterocycles. The molecule has 0 fully saturated rings. The maximum atomic E-state index is 13.5. The molecule has 4 nitrogen and oxygen atoms in total. The topological polar surface area (TPSA) is 39.7 Å². The highest BCUT2D eigenvalue weighted by Crippen LogP contribution is 2.09. The maximum Gasteiger partial charge on any atom is 0.191 e. The molecule has 0 saturated carbocycles. The van der Waals surface area contributed by atoms with E-state index in [4.69, 9.17) is 0 Å². The zero-order valence-corrected chi connectivity index (χ0v) is 14.4. The number of guanidine groups is 1. The van der Waals surface area contributed by atoms with Gasteiger partial charge >= 0.3 is 0 Å². The molecule has 1 aromatic rings. The minimum atomic E-state index is -0.177. The van der Waals surface area contributed by atoms with Gasteiger partial charge in [-0.05, 0) is 51.9 Å². The summed E-state index contributed by atoms with van der Waals surface area (Å²) in [6, 6.07) is 5.78. The van der Waals surface area contributed by atoms with E-state index >= 15 is 0 Å². The largest absolute Gasteiger partial charge is 0.357 e. The Morgan fingerprint density at radius 3 is 2.64 bits per heavy atom. The number of hydrogen-bond donors (Lipinski definition) is 2. The number of rotatable bonds is 7. The van der Waals surface area contributed by atoms with Gasteiger partial charge in [-0.25, -0.2) is 9.38 Å². The van der Waals surface area contributed by atoms with E-state index < -0.39 is 0 Å². The molecule has 0 aromatic heterocycles. The molecule has 0 unspecified atom stereocenters. The van der Waals surface area contributed by atoms with Crippen LogP contribution >= 0.6 is 0 Å². The van der Waals surface area contributed by atoms with E-state index in [-0.39, 0.29) is 5.82 Å². The van der Waals surface area contributed by atoms with Crippen molar-refractivity contribution in [2.75, 3.05) is 26.7 Å². The van der Waals surface area contributed by atoms with Crippen LogP contribution in [0.2, 0.25) is 0 Å². The molecule has 0 amide bonds.